The lowest BCUT2D eigenvalue weighted by atomic mass is 9.98. The zero-order chi connectivity index (χ0) is 13.1. The summed E-state index contributed by atoms with van der Waals surface area (Å²) in [5.41, 5.74) is 0. The van der Waals surface area contributed by atoms with Gasteiger partial charge in [-0.05, 0) is 32.2 Å². The molecule has 0 saturated heterocycles. The molecule has 0 bridgehead atoms. The molecule has 0 unspecified atom stereocenters. The second-order valence-corrected chi connectivity index (χ2v) is 5.29. The predicted octanol–water partition coefficient (Wildman–Crippen LogP) is 5.25. The highest BCUT2D eigenvalue weighted by Crippen LogP contribution is 2.21. The van der Waals surface area contributed by atoms with Crippen LogP contribution in [0.15, 0.2) is 0 Å². The zero-order valence-electron chi connectivity index (χ0n) is 13.0. The lowest BCUT2D eigenvalue weighted by Crippen LogP contribution is -2.43. The minimum Gasteiger partial charge on any atom is -0.298 e. The Bertz CT molecular complexity index is 128. The van der Waals surface area contributed by atoms with E-state index in [4.69, 9.17) is 0 Å². The molecule has 0 heterocycles. The molecule has 0 spiro atoms. The molecule has 0 rings (SSSR count). The lowest BCUT2D eigenvalue weighted by Gasteiger charge is -2.37. The molecule has 0 N–H and O–H groups in total. The Balaban J connectivity index is 4.55. The van der Waals surface area contributed by atoms with Gasteiger partial charge in [0.15, 0.2) is 0 Å². The maximum atomic E-state index is 2.81. The molecular formula is C16H35N. The highest BCUT2D eigenvalue weighted by Gasteiger charge is 2.22. The Kier molecular flexibility index (Phi) is 11.0. The average Bonchev–Trinajstić information content (AvgIpc) is 2.31. The Hall–Kier alpha value is -0.0400. The fraction of sp³-hybridized carbons (Fsp3) is 1.00. The van der Waals surface area contributed by atoms with E-state index in [-0.39, 0.29) is 0 Å². The van der Waals surface area contributed by atoms with Gasteiger partial charge in [-0.3, -0.25) is 4.90 Å². The lowest BCUT2D eigenvalue weighted by molar-refractivity contribution is 0.111. The summed E-state index contributed by atoms with van der Waals surface area (Å²) >= 11 is 0. The van der Waals surface area contributed by atoms with E-state index in [9.17, 15) is 0 Å². The van der Waals surface area contributed by atoms with Gasteiger partial charge in [0.2, 0.25) is 0 Å². The second kappa shape index (κ2) is 11.1. The van der Waals surface area contributed by atoms with Crippen molar-refractivity contribution < 1.29 is 0 Å². The van der Waals surface area contributed by atoms with Gasteiger partial charge in [-0.2, -0.15) is 0 Å². The van der Waals surface area contributed by atoms with Crippen molar-refractivity contribution in [3.05, 3.63) is 0 Å². The van der Waals surface area contributed by atoms with Crippen LogP contribution < -0.4 is 0 Å². The van der Waals surface area contributed by atoms with Crippen LogP contribution in [-0.2, 0) is 0 Å². The van der Waals surface area contributed by atoms with Gasteiger partial charge in [0, 0.05) is 12.1 Å². The summed E-state index contributed by atoms with van der Waals surface area (Å²) in [6.07, 6.45) is 10.8. The van der Waals surface area contributed by atoms with Crippen LogP contribution in [0.3, 0.4) is 0 Å². The highest BCUT2D eigenvalue weighted by atomic mass is 15.2. The van der Waals surface area contributed by atoms with Gasteiger partial charge < -0.3 is 0 Å². The van der Waals surface area contributed by atoms with E-state index in [1.54, 1.807) is 0 Å². The number of hydrogen-bond acceptors (Lipinski definition) is 1. The normalized spacial score (nSPS) is 12.0. The van der Waals surface area contributed by atoms with Crippen LogP contribution in [0.4, 0.5) is 0 Å². The molecule has 1 nitrogen and oxygen atoms in total. The van der Waals surface area contributed by atoms with Crippen molar-refractivity contribution in [1.82, 2.24) is 4.90 Å². The van der Waals surface area contributed by atoms with E-state index >= 15 is 0 Å². The van der Waals surface area contributed by atoms with Crippen molar-refractivity contribution in [3.63, 3.8) is 0 Å². The van der Waals surface area contributed by atoms with E-state index in [0.717, 1.165) is 12.1 Å². The fourth-order valence-corrected chi connectivity index (χ4v) is 3.10. The van der Waals surface area contributed by atoms with E-state index in [1.807, 2.05) is 0 Å². The van der Waals surface area contributed by atoms with Crippen molar-refractivity contribution in [2.24, 2.45) is 0 Å². The third-order valence-corrected chi connectivity index (χ3v) is 3.79. The van der Waals surface area contributed by atoms with Crippen LogP contribution >= 0.6 is 0 Å². The first-order valence-corrected chi connectivity index (χ1v) is 8.00. The van der Waals surface area contributed by atoms with Gasteiger partial charge in [-0.25, -0.2) is 0 Å². The third kappa shape index (κ3) is 6.45. The van der Waals surface area contributed by atoms with Crippen LogP contribution in [0.1, 0.15) is 86.0 Å². The summed E-state index contributed by atoms with van der Waals surface area (Å²) in [4.78, 5) is 2.81. The zero-order valence-corrected chi connectivity index (χ0v) is 13.0. The minimum absolute atomic E-state index is 0.832. The predicted molar refractivity (Wildman–Crippen MR) is 79.6 cm³/mol. The first kappa shape index (κ1) is 17.0. The smallest absolute Gasteiger partial charge is 0.00978 e. The Morgan fingerprint density at radius 2 is 0.882 bits per heavy atom. The molecule has 0 radical (unpaired) electrons. The molecule has 0 aromatic carbocycles. The topological polar surface area (TPSA) is 3.24 Å². The first-order chi connectivity index (χ1) is 8.24. The van der Waals surface area contributed by atoms with Gasteiger partial charge in [-0.15, -0.1) is 0 Å². The number of hydrogen-bond donors (Lipinski definition) is 0. The molecular weight excluding hydrogens is 206 g/mol. The van der Waals surface area contributed by atoms with Crippen LogP contribution in [-0.4, -0.2) is 23.5 Å². The Labute approximate surface area is 110 Å². The van der Waals surface area contributed by atoms with Gasteiger partial charge >= 0.3 is 0 Å². The number of nitrogens with zero attached hydrogens (tertiary/aromatic N) is 1. The second-order valence-electron chi connectivity index (χ2n) is 5.29. The maximum Gasteiger partial charge on any atom is 0.00978 e. The molecule has 0 saturated carbocycles. The quantitative estimate of drug-likeness (QED) is 0.478. The molecule has 0 aromatic rings. The van der Waals surface area contributed by atoms with E-state index in [1.165, 1.54) is 57.9 Å². The summed E-state index contributed by atoms with van der Waals surface area (Å²) in [7, 11) is 0. The largest absolute Gasteiger partial charge is 0.298 e. The molecule has 0 fully saturated rings. The molecule has 0 atom stereocenters. The summed E-state index contributed by atoms with van der Waals surface area (Å²) in [6.45, 7) is 12.9. The van der Waals surface area contributed by atoms with Gasteiger partial charge in [-0.1, -0.05) is 60.3 Å². The van der Waals surface area contributed by atoms with Gasteiger partial charge in [0.25, 0.3) is 0 Å². The minimum atomic E-state index is 0.832. The molecule has 0 amide bonds. The molecule has 1 heteroatoms. The summed E-state index contributed by atoms with van der Waals surface area (Å²) in [6, 6.07) is 1.66. The SMILES string of the molecule is CCCC(CCC)N(CC)C(CCC)CCC. The van der Waals surface area contributed by atoms with Crippen molar-refractivity contribution in [2.45, 2.75) is 98.1 Å². The molecule has 0 aliphatic rings. The van der Waals surface area contributed by atoms with Crippen molar-refractivity contribution >= 4 is 0 Å². The monoisotopic (exact) mass is 241 g/mol. The van der Waals surface area contributed by atoms with Crippen molar-refractivity contribution in [1.29, 1.82) is 0 Å². The van der Waals surface area contributed by atoms with Crippen LogP contribution in [0.25, 0.3) is 0 Å². The first-order valence-electron chi connectivity index (χ1n) is 8.00. The maximum absolute atomic E-state index is 2.81. The van der Waals surface area contributed by atoms with Gasteiger partial charge in [0.05, 0.1) is 0 Å². The number of rotatable bonds is 11. The van der Waals surface area contributed by atoms with Crippen LogP contribution in [0.5, 0.6) is 0 Å². The summed E-state index contributed by atoms with van der Waals surface area (Å²) in [5, 5.41) is 0. The fourth-order valence-electron chi connectivity index (χ4n) is 3.10. The molecule has 104 valence electrons. The van der Waals surface area contributed by atoms with E-state index in [0.29, 0.717) is 0 Å². The average molecular weight is 241 g/mol. The summed E-state index contributed by atoms with van der Waals surface area (Å²) < 4.78 is 0. The van der Waals surface area contributed by atoms with Crippen molar-refractivity contribution in [2.75, 3.05) is 6.54 Å². The third-order valence-electron chi connectivity index (χ3n) is 3.79. The van der Waals surface area contributed by atoms with Crippen LogP contribution in [0.2, 0.25) is 0 Å². The molecule has 0 aromatic heterocycles. The van der Waals surface area contributed by atoms with Crippen LogP contribution in [0, 0.1) is 0 Å². The van der Waals surface area contributed by atoms with E-state index in [2.05, 4.69) is 39.5 Å². The molecule has 17 heavy (non-hydrogen) atoms. The Morgan fingerprint density at radius 3 is 1.06 bits per heavy atom. The standard InChI is InChI=1S/C16H35N/c1-6-11-15(12-7-2)17(10-5)16(13-8-3)14-9-4/h15-16H,6-14H2,1-5H3. The molecule has 0 aliphatic carbocycles. The Morgan fingerprint density at radius 1 is 0.588 bits per heavy atom. The van der Waals surface area contributed by atoms with Crippen molar-refractivity contribution in [3.8, 4) is 0 Å². The van der Waals surface area contributed by atoms with Gasteiger partial charge in [0.1, 0.15) is 0 Å². The van der Waals surface area contributed by atoms with E-state index < -0.39 is 0 Å². The summed E-state index contributed by atoms with van der Waals surface area (Å²) in [5.74, 6) is 0. The highest BCUT2D eigenvalue weighted by molar-refractivity contribution is 4.78. The molecule has 0 aliphatic heterocycles.